The van der Waals surface area contributed by atoms with Crippen molar-refractivity contribution in [2.75, 3.05) is 25.4 Å². The summed E-state index contributed by atoms with van der Waals surface area (Å²) in [6.07, 6.45) is 3.13. The van der Waals surface area contributed by atoms with Gasteiger partial charge in [0, 0.05) is 13.1 Å². The third kappa shape index (κ3) is 4.98. The standard InChI is InChI=1S/C13H27N5O2S/c1-5-18(6-2)9-7-8-11(3)16-21(19,20)13-12(14)15-10-17(13)4/h10-11,16H,5-9,14H2,1-4H3. The molecule has 122 valence electrons. The van der Waals surface area contributed by atoms with Gasteiger partial charge in [-0.25, -0.2) is 18.1 Å². The van der Waals surface area contributed by atoms with Crippen LogP contribution in [0.2, 0.25) is 0 Å². The Morgan fingerprint density at radius 1 is 1.43 bits per heavy atom. The van der Waals surface area contributed by atoms with Gasteiger partial charge in [0.15, 0.2) is 10.8 Å². The molecule has 1 aromatic heterocycles. The van der Waals surface area contributed by atoms with Crippen molar-refractivity contribution in [3.05, 3.63) is 6.33 Å². The summed E-state index contributed by atoms with van der Waals surface area (Å²) in [5, 5.41) is 0.0260. The monoisotopic (exact) mass is 317 g/mol. The molecule has 21 heavy (non-hydrogen) atoms. The van der Waals surface area contributed by atoms with Crippen LogP contribution in [0.1, 0.15) is 33.6 Å². The number of anilines is 1. The van der Waals surface area contributed by atoms with Gasteiger partial charge in [0.2, 0.25) is 0 Å². The first kappa shape index (κ1) is 17.9. The summed E-state index contributed by atoms with van der Waals surface area (Å²) >= 11 is 0. The Morgan fingerprint density at radius 3 is 2.52 bits per heavy atom. The molecule has 0 saturated carbocycles. The lowest BCUT2D eigenvalue weighted by Crippen LogP contribution is -2.35. The molecule has 8 heteroatoms. The highest BCUT2D eigenvalue weighted by molar-refractivity contribution is 7.89. The third-order valence-corrected chi connectivity index (χ3v) is 5.25. The Hall–Kier alpha value is -1.12. The Kier molecular flexibility index (Phi) is 6.63. The summed E-state index contributed by atoms with van der Waals surface area (Å²) in [6, 6.07) is -0.139. The minimum Gasteiger partial charge on any atom is -0.381 e. The van der Waals surface area contributed by atoms with Gasteiger partial charge in [0.05, 0.1) is 6.33 Å². The van der Waals surface area contributed by atoms with Crippen molar-refractivity contribution in [2.24, 2.45) is 7.05 Å². The lowest BCUT2D eigenvalue weighted by molar-refractivity contribution is 0.293. The summed E-state index contributed by atoms with van der Waals surface area (Å²) in [5.41, 5.74) is 5.62. The van der Waals surface area contributed by atoms with Crippen LogP contribution in [-0.4, -0.2) is 48.5 Å². The first-order chi connectivity index (χ1) is 9.81. The molecule has 0 amide bonds. The Labute approximate surface area is 127 Å². The smallest absolute Gasteiger partial charge is 0.260 e. The van der Waals surface area contributed by atoms with Crippen molar-refractivity contribution < 1.29 is 8.42 Å². The van der Waals surface area contributed by atoms with Crippen LogP contribution in [0, 0.1) is 0 Å². The van der Waals surface area contributed by atoms with Gasteiger partial charge >= 0.3 is 0 Å². The molecular formula is C13H27N5O2S. The zero-order chi connectivity index (χ0) is 16.0. The Morgan fingerprint density at radius 2 is 2.05 bits per heavy atom. The number of rotatable bonds is 9. The molecule has 0 aliphatic carbocycles. The first-order valence-electron chi connectivity index (χ1n) is 7.33. The predicted molar refractivity (Wildman–Crippen MR) is 84.4 cm³/mol. The second-order valence-electron chi connectivity index (χ2n) is 5.24. The molecule has 7 nitrogen and oxygen atoms in total. The SMILES string of the molecule is CCN(CC)CCCC(C)NS(=O)(=O)c1c(N)ncn1C. The van der Waals surface area contributed by atoms with Crippen LogP contribution < -0.4 is 10.5 Å². The molecule has 0 fully saturated rings. The summed E-state index contributed by atoms with van der Waals surface area (Å²) in [7, 11) is -2.01. The van der Waals surface area contributed by atoms with E-state index in [4.69, 9.17) is 5.73 Å². The highest BCUT2D eigenvalue weighted by atomic mass is 32.2. The molecule has 0 aliphatic rings. The molecule has 1 heterocycles. The highest BCUT2D eigenvalue weighted by Gasteiger charge is 2.24. The van der Waals surface area contributed by atoms with Crippen molar-refractivity contribution in [2.45, 2.75) is 44.7 Å². The fourth-order valence-electron chi connectivity index (χ4n) is 2.30. The number of aromatic nitrogens is 2. The van der Waals surface area contributed by atoms with Crippen LogP contribution in [0.15, 0.2) is 11.4 Å². The van der Waals surface area contributed by atoms with Gasteiger partial charge in [0.25, 0.3) is 10.0 Å². The normalized spacial score (nSPS) is 13.8. The van der Waals surface area contributed by atoms with E-state index in [-0.39, 0.29) is 16.9 Å². The number of hydrogen-bond acceptors (Lipinski definition) is 5. The maximum Gasteiger partial charge on any atom is 0.260 e. The molecule has 0 saturated heterocycles. The zero-order valence-electron chi connectivity index (χ0n) is 13.3. The largest absolute Gasteiger partial charge is 0.381 e. The maximum atomic E-state index is 12.3. The van der Waals surface area contributed by atoms with E-state index in [1.165, 1.54) is 10.9 Å². The summed E-state index contributed by atoms with van der Waals surface area (Å²) < 4.78 is 28.7. The topological polar surface area (TPSA) is 93.2 Å². The fraction of sp³-hybridized carbons (Fsp3) is 0.769. The van der Waals surface area contributed by atoms with Crippen LogP contribution in [-0.2, 0) is 17.1 Å². The summed E-state index contributed by atoms with van der Waals surface area (Å²) in [6.45, 7) is 9.13. The highest BCUT2D eigenvalue weighted by Crippen LogP contribution is 2.16. The van der Waals surface area contributed by atoms with Gasteiger partial charge in [0.1, 0.15) is 0 Å². The predicted octanol–water partition coefficient (Wildman–Crippen LogP) is 0.791. The lowest BCUT2D eigenvalue weighted by atomic mass is 10.2. The number of hydrogen-bond donors (Lipinski definition) is 2. The van der Waals surface area contributed by atoms with Gasteiger partial charge in [-0.05, 0) is 39.4 Å². The number of nitrogens with zero attached hydrogens (tertiary/aromatic N) is 3. The maximum absolute atomic E-state index is 12.3. The van der Waals surface area contributed by atoms with Crippen LogP contribution in [0.4, 0.5) is 5.82 Å². The molecule has 0 radical (unpaired) electrons. The first-order valence-corrected chi connectivity index (χ1v) is 8.81. The van der Waals surface area contributed by atoms with E-state index < -0.39 is 10.0 Å². The van der Waals surface area contributed by atoms with Gasteiger partial charge in [-0.15, -0.1) is 0 Å². The van der Waals surface area contributed by atoms with E-state index in [9.17, 15) is 8.42 Å². The van der Waals surface area contributed by atoms with E-state index in [2.05, 4.69) is 28.5 Å². The molecule has 1 aromatic rings. The van der Waals surface area contributed by atoms with Gasteiger partial charge in [-0.2, -0.15) is 0 Å². The lowest BCUT2D eigenvalue weighted by Gasteiger charge is -2.19. The molecule has 0 aromatic carbocycles. The van der Waals surface area contributed by atoms with E-state index in [0.29, 0.717) is 0 Å². The molecule has 0 spiro atoms. The number of imidazole rings is 1. The quantitative estimate of drug-likeness (QED) is 0.702. The van der Waals surface area contributed by atoms with Gasteiger partial charge < -0.3 is 15.2 Å². The number of aryl methyl sites for hydroxylation is 1. The van der Waals surface area contributed by atoms with Crippen molar-refractivity contribution in [3.8, 4) is 0 Å². The second kappa shape index (κ2) is 7.77. The van der Waals surface area contributed by atoms with E-state index in [1.54, 1.807) is 7.05 Å². The second-order valence-corrected chi connectivity index (χ2v) is 6.87. The summed E-state index contributed by atoms with van der Waals surface area (Å²) in [5.74, 6) is 0.0281. The summed E-state index contributed by atoms with van der Waals surface area (Å²) in [4.78, 5) is 6.13. The molecule has 1 unspecified atom stereocenters. The molecule has 0 aliphatic heterocycles. The Bertz CT molecular complexity index is 517. The number of nitrogens with two attached hydrogens (primary N) is 1. The zero-order valence-corrected chi connectivity index (χ0v) is 14.2. The van der Waals surface area contributed by atoms with Crippen molar-refractivity contribution in [1.82, 2.24) is 19.2 Å². The Balaban J connectivity index is 2.56. The molecule has 0 bridgehead atoms. The van der Waals surface area contributed by atoms with Crippen molar-refractivity contribution in [1.29, 1.82) is 0 Å². The van der Waals surface area contributed by atoms with Gasteiger partial charge in [-0.1, -0.05) is 13.8 Å². The third-order valence-electron chi connectivity index (χ3n) is 3.53. The average Bonchev–Trinajstić information content (AvgIpc) is 2.74. The number of nitrogen functional groups attached to an aromatic ring is 1. The molecule has 1 rings (SSSR count). The fourth-order valence-corrected chi connectivity index (χ4v) is 3.82. The molecule has 1 atom stereocenters. The minimum absolute atomic E-state index is 0.0260. The molecular weight excluding hydrogens is 290 g/mol. The van der Waals surface area contributed by atoms with Crippen LogP contribution >= 0.6 is 0 Å². The van der Waals surface area contributed by atoms with Crippen LogP contribution in [0.3, 0.4) is 0 Å². The number of sulfonamides is 1. The van der Waals surface area contributed by atoms with Crippen molar-refractivity contribution in [3.63, 3.8) is 0 Å². The van der Waals surface area contributed by atoms with Gasteiger partial charge in [-0.3, -0.25) is 0 Å². The van der Waals surface area contributed by atoms with Crippen molar-refractivity contribution >= 4 is 15.8 Å². The minimum atomic E-state index is -3.63. The number of nitrogens with one attached hydrogen (secondary N) is 1. The molecule has 3 N–H and O–H groups in total. The average molecular weight is 317 g/mol. The van der Waals surface area contributed by atoms with Crippen LogP contribution in [0.25, 0.3) is 0 Å². The van der Waals surface area contributed by atoms with Crippen LogP contribution in [0.5, 0.6) is 0 Å². The van der Waals surface area contributed by atoms with E-state index >= 15 is 0 Å². The van der Waals surface area contributed by atoms with E-state index in [1.807, 2.05) is 6.92 Å². The van der Waals surface area contributed by atoms with E-state index in [0.717, 1.165) is 32.5 Å².